The molecule has 0 aromatic heterocycles. The molecule has 3 N–H and O–H groups in total. The highest BCUT2D eigenvalue weighted by Crippen LogP contribution is 2.11. The van der Waals surface area contributed by atoms with Crippen LogP contribution in [0.2, 0.25) is 5.02 Å². The van der Waals surface area contributed by atoms with Gasteiger partial charge in [-0.2, -0.15) is 0 Å². The third kappa shape index (κ3) is 4.94. The van der Waals surface area contributed by atoms with Crippen LogP contribution in [-0.4, -0.2) is 24.3 Å². The first-order valence-corrected chi connectivity index (χ1v) is 7.11. The van der Waals surface area contributed by atoms with Crippen molar-refractivity contribution < 1.29 is 9.59 Å². The average molecular weight is 297 g/mol. The van der Waals surface area contributed by atoms with Crippen molar-refractivity contribution in [1.82, 2.24) is 5.32 Å². The van der Waals surface area contributed by atoms with Crippen molar-refractivity contribution in [2.45, 2.75) is 38.8 Å². The lowest BCUT2D eigenvalue weighted by Gasteiger charge is -2.20. The van der Waals surface area contributed by atoms with E-state index >= 15 is 0 Å². The number of hydrogen-bond acceptors (Lipinski definition) is 3. The lowest BCUT2D eigenvalue weighted by atomic mass is 9.98. The van der Waals surface area contributed by atoms with E-state index in [-0.39, 0.29) is 11.8 Å². The average Bonchev–Trinajstić information content (AvgIpc) is 2.46. The van der Waals surface area contributed by atoms with Gasteiger partial charge in [0.1, 0.15) is 6.29 Å². The maximum atomic E-state index is 11.9. The lowest BCUT2D eigenvalue weighted by Crippen LogP contribution is -2.49. The predicted molar refractivity (Wildman–Crippen MR) is 80.6 cm³/mol. The first kappa shape index (κ1) is 16.7. The summed E-state index contributed by atoms with van der Waals surface area (Å²) >= 11 is 5.80. The largest absolute Gasteiger partial charge is 0.345 e. The second-order valence-corrected chi connectivity index (χ2v) is 5.43. The summed E-state index contributed by atoms with van der Waals surface area (Å²) in [5, 5.41) is 3.32. The molecule has 0 spiro atoms. The molecule has 0 aliphatic heterocycles. The number of hydrogen-bond donors (Lipinski definition) is 2. The van der Waals surface area contributed by atoms with Crippen LogP contribution in [0.5, 0.6) is 0 Å². The van der Waals surface area contributed by atoms with E-state index in [9.17, 15) is 9.59 Å². The van der Waals surface area contributed by atoms with Crippen LogP contribution in [0.4, 0.5) is 0 Å². The van der Waals surface area contributed by atoms with Crippen LogP contribution in [0.15, 0.2) is 24.3 Å². The summed E-state index contributed by atoms with van der Waals surface area (Å²) in [5.41, 5.74) is 6.78. The van der Waals surface area contributed by atoms with E-state index in [1.807, 2.05) is 26.0 Å². The second-order valence-electron chi connectivity index (χ2n) is 4.99. The summed E-state index contributed by atoms with van der Waals surface area (Å²) in [6, 6.07) is 6.02. The van der Waals surface area contributed by atoms with Crippen LogP contribution in [0.3, 0.4) is 0 Å². The quantitative estimate of drug-likeness (QED) is 0.755. The van der Waals surface area contributed by atoms with E-state index in [0.717, 1.165) is 18.3 Å². The Kier molecular flexibility index (Phi) is 6.68. The van der Waals surface area contributed by atoms with Gasteiger partial charge in [-0.05, 0) is 30.0 Å². The molecule has 1 amide bonds. The van der Waals surface area contributed by atoms with Crippen molar-refractivity contribution in [2.24, 2.45) is 11.7 Å². The summed E-state index contributed by atoms with van der Waals surface area (Å²) in [7, 11) is 0. The van der Waals surface area contributed by atoms with Crippen LogP contribution in [0, 0.1) is 5.92 Å². The summed E-state index contributed by atoms with van der Waals surface area (Å²) in [5.74, 6) is -0.205. The molecule has 0 heterocycles. The Balaban J connectivity index is 2.61. The predicted octanol–water partition coefficient (Wildman–Crippen LogP) is 1.94. The van der Waals surface area contributed by atoms with Gasteiger partial charge in [-0.25, -0.2) is 0 Å². The Morgan fingerprint density at radius 2 is 2.00 bits per heavy atom. The molecular formula is C15H21ClN2O2. The van der Waals surface area contributed by atoms with Gasteiger partial charge in [0.15, 0.2) is 0 Å². The zero-order valence-corrected chi connectivity index (χ0v) is 12.6. The van der Waals surface area contributed by atoms with Gasteiger partial charge >= 0.3 is 0 Å². The van der Waals surface area contributed by atoms with Crippen LogP contribution >= 0.6 is 11.6 Å². The van der Waals surface area contributed by atoms with Crippen LogP contribution < -0.4 is 11.1 Å². The summed E-state index contributed by atoms with van der Waals surface area (Å²) in [4.78, 5) is 23.0. The summed E-state index contributed by atoms with van der Waals surface area (Å²) in [6.07, 6.45) is 1.98. The molecule has 1 rings (SSSR count). The Labute approximate surface area is 124 Å². The minimum Gasteiger partial charge on any atom is -0.345 e. The Bertz CT molecular complexity index is 448. The number of rotatable bonds is 7. The molecule has 5 heteroatoms. The van der Waals surface area contributed by atoms with Gasteiger partial charge in [-0.1, -0.05) is 44.0 Å². The number of amides is 1. The fourth-order valence-electron chi connectivity index (χ4n) is 1.80. The highest BCUT2D eigenvalue weighted by Gasteiger charge is 2.22. The number of carbonyl (C=O) groups excluding carboxylic acids is 2. The van der Waals surface area contributed by atoms with E-state index in [1.165, 1.54) is 0 Å². The molecule has 0 fully saturated rings. The topological polar surface area (TPSA) is 72.2 Å². The van der Waals surface area contributed by atoms with Crippen molar-refractivity contribution in [1.29, 1.82) is 0 Å². The van der Waals surface area contributed by atoms with E-state index in [0.29, 0.717) is 11.4 Å². The van der Waals surface area contributed by atoms with Gasteiger partial charge in [-0.15, -0.1) is 0 Å². The maximum absolute atomic E-state index is 11.9. The van der Waals surface area contributed by atoms with E-state index in [2.05, 4.69) is 5.32 Å². The maximum Gasteiger partial charge on any atom is 0.237 e. The molecule has 1 aromatic carbocycles. The number of halogens is 1. The molecular weight excluding hydrogens is 276 g/mol. The van der Waals surface area contributed by atoms with Crippen LogP contribution in [0.25, 0.3) is 0 Å². The number of aldehydes is 1. The number of nitrogens with one attached hydrogen (secondary N) is 1. The molecule has 0 saturated carbocycles. The minimum absolute atomic E-state index is 0.0813. The molecule has 0 bridgehead atoms. The Hall–Kier alpha value is -1.39. The van der Waals surface area contributed by atoms with E-state index in [1.54, 1.807) is 12.1 Å². The Morgan fingerprint density at radius 3 is 2.50 bits per heavy atom. The molecule has 0 aliphatic carbocycles. The summed E-state index contributed by atoms with van der Waals surface area (Å²) in [6.45, 7) is 3.89. The smallest absolute Gasteiger partial charge is 0.237 e. The van der Waals surface area contributed by atoms with Crippen molar-refractivity contribution >= 4 is 23.8 Å². The van der Waals surface area contributed by atoms with Gasteiger partial charge in [0, 0.05) is 5.02 Å². The molecule has 1 aromatic rings. The molecule has 0 unspecified atom stereocenters. The molecule has 110 valence electrons. The van der Waals surface area contributed by atoms with Crippen LogP contribution in [-0.2, 0) is 16.0 Å². The number of carbonyl (C=O) groups is 2. The molecule has 0 saturated heterocycles. The van der Waals surface area contributed by atoms with Crippen molar-refractivity contribution in [2.75, 3.05) is 0 Å². The monoisotopic (exact) mass is 296 g/mol. The van der Waals surface area contributed by atoms with E-state index in [4.69, 9.17) is 17.3 Å². The minimum atomic E-state index is -0.590. The van der Waals surface area contributed by atoms with Crippen LogP contribution in [0.1, 0.15) is 25.8 Å². The first-order chi connectivity index (χ1) is 9.47. The molecule has 0 aliphatic rings. The Morgan fingerprint density at radius 1 is 1.40 bits per heavy atom. The highest BCUT2D eigenvalue weighted by atomic mass is 35.5. The molecule has 20 heavy (non-hydrogen) atoms. The molecule has 3 atom stereocenters. The number of benzene rings is 1. The zero-order valence-electron chi connectivity index (χ0n) is 11.8. The fourth-order valence-corrected chi connectivity index (χ4v) is 1.92. The first-order valence-electron chi connectivity index (χ1n) is 6.73. The standard InChI is InChI=1S/C15H21ClN2O2/c1-3-10(2)14(17)15(20)18-13(9-19)8-11-4-6-12(16)7-5-11/h4-7,9-10,13-14H,3,8,17H2,1-2H3,(H,18,20)/t10-,13-,14+/m0/s1. The van der Waals surface area contributed by atoms with Crippen molar-refractivity contribution in [3.8, 4) is 0 Å². The van der Waals surface area contributed by atoms with Gasteiger partial charge in [-0.3, -0.25) is 4.79 Å². The SMILES string of the molecule is CC[C@H](C)[C@@H](N)C(=O)N[C@H](C=O)Cc1ccc(Cl)cc1. The van der Waals surface area contributed by atoms with Gasteiger partial charge in [0.05, 0.1) is 12.1 Å². The normalized spacial score (nSPS) is 15.2. The summed E-state index contributed by atoms with van der Waals surface area (Å²) < 4.78 is 0. The van der Waals surface area contributed by atoms with Gasteiger partial charge in [0.25, 0.3) is 0 Å². The third-order valence-corrected chi connectivity index (χ3v) is 3.67. The number of nitrogens with two attached hydrogens (primary N) is 1. The lowest BCUT2D eigenvalue weighted by molar-refractivity contribution is -0.126. The fraction of sp³-hybridized carbons (Fsp3) is 0.467. The molecule has 0 radical (unpaired) electrons. The van der Waals surface area contributed by atoms with Gasteiger partial charge < -0.3 is 15.8 Å². The highest BCUT2D eigenvalue weighted by molar-refractivity contribution is 6.30. The van der Waals surface area contributed by atoms with Crippen molar-refractivity contribution in [3.63, 3.8) is 0 Å². The van der Waals surface area contributed by atoms with Gasteiger partial charge in [0.2, 0.25) is 5.91 Å². The molecule has 4 nitrogen and oxygen atoms in total. The van der Waals surface area contributed by atoms with E-state index < -0.39 is 12.1 Å². The third-order valence-electron chi connectivity index (χ3n) is 3.42. The second kappa shape index (κ2) is 8.02. The van der Waals surface area contributed by atoms with Crippen molar-refractivity contribution in [3.05, 3.63) is 34.9 Å². The zero-order chi connectivity index (χ0) is 15.1.